The molecule has 12 heavy (non-hydrogen) atoms. The molecule has 0 aromatic carbocycles. The van der Waals surface area contributed by atoms with Crippen LogP contribution in [0.5, 0.6) is 0 Å². The highest BCUT2D eigenvalue weighted by atomic mass is 16.2. The molecular weight excluding hydrogens is 150 g/mol. The number of aliphatic hydroxyl groups excluding tert-OH is 1. The van der Waals surface area contributed by atoms with Gasteiger partial charge in [-0.2, -0.15) is 0 Å². The molecule has 0 unspecified atom stereocenters. The van der Waals surface area contributed by atoms with Crippen LogP contribution in [0.4, 0.5) is 0 Å². The molecule has 0 saturated carbocycles. The fourth-order valence-corrected chi connectivity index (χ4v) is 0.965. The Morgan fingerprint density at radius 3 is 2.33 bits per heavy atom. The molecule has 0 radical (unpaired) electrons. The second-order valence-electron chi connectivity index (χ2n) is 3.95. The summed E-state index contributed by atoms with van der Waals surface area (Å²) >= 11 is 0. The summed E-state index contributed by atoms with van der Waals surface area (Å²) in [4.78, 5) is 0. The topological polar surface area (TPSA) is 32.3 Å². The van der Waals surface area contributed by atoms with Crippen molar-refractivity contribution in [1.82, 2.24) is 5.32 Å². The summed E-state index contributed by atoms with van der Waals surface area (Å²) in [5.41, 5.74) is 0.277. The van der Waals surface area contributed by atoms with Gasteiger partial charge in [-0.15, -0.1) is 0 Å². The Labute approximate surface area is 76.4 Å². The van der Waals surface area contributed by atoms with Crippen molar-refractivity contribution >= 4 is 0 Å². The lowest BCUT2D eigenvalue weighted by Gasteiger charge is -2.24. The molecule has 74 valence electrons. The number of nitrogens with one attached hydrogen (secondary N) is 1. The summed E-state index contributed by atoms with van der Waals surface area (Å²) in [6, 6.07) is 0. The molecule has 0 spiro atoms. The molecule has 0 aliphatic carbocycles. The maximum atomic E-state index is 8.55. The van der Waals surface area contributed by atoms with E-state index in [-0.39, 0.29) is 5.54 Å². The molecular formula is C10H23NO. The molecule has 0 fully saturated rings. The SMILES string of the molecule is CCC(C)(C)NCCCCCO. The monoisotopic (exact) mass is 173 g/mol. The third kappa shape index (κ3) is 6.62. The van der Waals surface area contributed by atoms with E-state index >= 15 is 0 Å². The fraction of sp³-hybridized carbons (Fsp3) is 1.00. The maximum Gasteiger partial charge on any atom is 0.0431 e. The van der Waals surface area contributed by atoms with Gasteiger partial charge in [0.2, 0.25) is 0 Å². The molecule has 2 nitrogen and oxygen atoms in total. The first-order valence-corrected chi connectivity index (χ1v) is 4.98. The number of hydrogen-bond acceptors (Lipinski definition) is 2. The van der Waals surface area contributed by atoms with Crippen LogP contribution in [0.25, 0.3) is 0 Å². The van der Waals surface area contributed by atoms with E-state index in [0.29, 0.717) is 6.61 Å². The lowest BCUT2D eigenvalue weighted by Crippen LogP contribution is -2.38. The highest BCUT2D eigenvalue weighted by molar-refractivity contribution is 4.74. The van der Waals surface area contributed by atoms with E-state index in [0.717, 1.165) is 25.8 Å². The van der Waals surface area contributed by atoms with Crippen molar-refractivity contribution in [3.8, 4) is 0 Å². The van der Waals surface area contributed by atoms with Crippen molar-refractivity contribution in [3.63, 3.8) is 0 Å². The van der Waals surface area contributed by atoms with Gasteiger partial charge in [-0.3, -0.25) is 0 Å². The third-order valence-electron chi connectivity index (χ3n) is 2.32. The van der Waals surface area contributed by atoms with Crippen LogP contribution in [0, 0.1) is 0 Å². The van der Waals surface area contributed by atoms with Crippen LogP contribution in [0.2, 0.25) is 0 Å². The van der Waals surface area contributed by atoms with Crippen molar-refractivity contribution in [1.29, 1.82) is 0 Å². The Balaban J connectivity index is 3.19. The van der Waals surface area contributed by atoms with E-state index < -0.39 is 0 Å². The summed E-state index contributed by atoms with van der Waals surface area (Å²) in [5.74, 6) is 0. The first kappa shape index (κ1) is 11.9. The third-order valence-corrected chi connectivity index (χ3v) is 2.32. The molecule has 0 aliphatic heterocycles. The minimum Gasteiger partial charge on any atom is -0.396 e. The van der Waals surface area contributed by atoms with Crippen LogP contribution in [0.1, 0.15) is 46.5 Å². The average Bonchev–Trinajstić information content (AvgIpc) is 2.04. The van der Waals surface area contributed by atoms with Gasteiger partial charge in [0, 0.05) is 12.1 Å². The quantitative estimate of drug-likeness (QED) is 0.577. The van der Waals surface area contributed by atoms with E-state index in [1.54, 1.807) is 0 Å². The average molecular weight is 173 g/mol. The van der Waals surface area contributed by atoms with Gasteiger partial charge in [0.15, 0.2) is 0 Å². The molecule has 0 amide bonds. The van der Waals surface area contributed by atoms with Crippen LogP contribution < -0.4 is 5.32 Å². The van der Waals surface area contributed by atoms with Crippen molar-refractivity contribution in [2.24, 2.45) is 0 Å². The van der Waals surface area contributed by atoms with Crippen LogP contribution in [0.15, 0.2) is 0 Å². The summed E-state index contributed by atoms with van der Waals surface area (Å²) in [6.07, 6.45) is 4.40. The summed E-state index contributed by atoms with van der Waals surface area (Å²) in [6.45, 7) is 8.04. The number of hydrogen-bond donors (Lipinski definition) is 2. The van der Waals surface area contributed by atoms with E-state index in [1.807, 2.05) is 0 Å². The van der Waals surface area contributed by atoms with Crippen LogP contribution in [-0.2, 0) is 0 Å². The fourth-order valence-electron chi connectivity index (χ4n) is 0.965. The standard InChI is InChI=1S/C10H23NO/c1-4-10(2,3)11-8-6-5-7-9-12/h11-12H,4-9H2,1-3H3. The van der Waals surface area contributed by atoms with Gasteiger partial charge in [0.1, 0.15) is 0 Å². The molecule has 0 rings (SSSR count). The zero-order chi connectivity index (χ0) is 9.45. The molecule has 0 aromatic heterocycles. The van der Waals surface area contributed by atoms with Crippen molar-refractivity contribution in [2.75, 3.05) is 13.2 Å². The Kier molecular flexibility index (Phi) is 6.39. The normalized spacial score (nSPS) is 12.0. The van der Waals surface area contributed by atoms with Crippen molar-refractivity contribution in [3.05, 3.63) is 0 Å². The second-order valence-corrected chi connectivity index (χ2v) is 3.95. The minimum absolute atomic E-state index is 0.277. The Morgan fingerprint density at radius 1 is 1.17 bits per heavy atom. The van der Waals surface area contributed by atoms with Crippen LogP contribution in [0.3, 0.4) is 0 Å². The highest BCUT2D eigenvalue weighted by Crippen LogP contribution is 2.06. The van der Waals surface area contributed by atoms with E-state index in [2.05, 4.69) is 26.1 Å². The van der Waals surface area contributed by atoms with Gasteiger partial charge in [0.25, 0.3) is 0 Å². The van der Waals surface area contributed by atoms with Gasteiger partial charge in [-0.1, -0.05) is 6.92 Å². The zero-order valence-electron chi connectivity index (χ0n) is 8.69. The first-order chi connectivity index (χ1) is 5.62. The van der Waals surface area contributed by atoms with Crippen LogP contribution in [-0.4, -0.2) is 23.8 Å². The van der Waals surface area contributed by atoms with Gasteiger partial charge >= 0.3 is 0 Å². The van der Waals surface area contributed by atoms with E-state index in [9.17, 15) is 0 Å². The van der Waals surface area contributed by atoms with Gasteiger partial charge in [-0.05, 0) is 46.1 Å². The predicted octanol–water partition coefficient (Wildman–Crippen LogP) is 1.93. The number of rotatable bonds is 7. The Bertz CT molecular complexity index is 102. The smallest absolute Gasteiger partial charge is 0.0431 e. The Morgan fingerprint density at radius 2 is 1.83 bits per heavy atom. The van der Waals surface area contributed by atoms with Crippen molar-refractivity contribution in [2.45, 2.75) is 52.0 Å². The zero-order valence-corrected chi connectivity index (χ0v) is 8.69. The summed E-state index contributed by atoms with van der Waals surface area (Å²) in [7, 11) is 0. The number of unbranched alkanes of at least 4 members (excludes halogenated alkanes) is 2. The molecule has 0 heterocycles. The first-order valence-electron chi connectivity index (χ1n) is 4.98. The van der Waals surface area contributed by atoms with Crippen molar-refractivity contribution < 1.29 is 5.11 Å². The number of aliphatic hydroxyl groups is 1. The van der Waals surface area contributed by atoms with Gasteiger partial charge in [-0.25, -0.2) is 0 Å². The molecule has 2 heteroatoms. The summed E-state index contributed by atoms with van der Waals surface area (Å²) in [5, 5.41) is 12.0. The molecule has 0 saturated heterocycles. The molecule has 0 bridgehead atoms. The minimum atomic E-state index is 0.277. The van der Waals surface area contributed by atoms with Gasteiger partial charge < -0.3 is 10.4 Å². The molecule has 0 atom stereocenters. The predicted molar refractivity (Wildman–Crippen MR) is 53.3 cm³/mol. The highest BCUT2D eigenvalue weighted by Gasteiger charge is 2.11. The molecule has 0 aromatic rings. The van der Waals surface area contributed by atoms with Crippen LogP contribution >= 0.6 is 0 Å². The second kappa shape index (κ2) is 6.44. The molecule has 2 N–H and O–H groups in total. The Hall–Kier alpha value is -0.0800. The van der Waals surface area contributed by atoms with E-state index in [4.69, 9.17) is 5.11 Å². The largest absolute Gasteiger partial charge is 0.396 e. The summed E-state index contributed by atoms with van der Waals surface area (Å²) < 4.78 is 0. The van der Waals surface area contributed by atoms with E-state index in [1.165, 1.54) is 6.42 Å². The lowest BCUT2D eigenvalue weighted by molar-refractivity contribution is 0.280. The van der Waals surface area contributed by atoms with Gasteiger partial charge in [0.05, 0.1) is 0 Å². The molecule has 0 aliphatic rings. The lowest BCUT2D eigenvalue weighted by atomic mass is 10.0. The maximum absolute atomic E-state index is 8.55.